The first kappa shape index (κ1) is 15.9. The van der Waals surface area contributed by atoms with Crippen molar-refractivity contribution in [2.75, 3.05) is 0 Å². The zero-order valence-electron chi connectivity index (χ0n) is 33.3. The third-order valence-corrected chi connectivity index (χ3v) is 6.96. The van der Waals surface area contributed by atoms with Gasteiger partial charge < -0.3 is 4.42 Å². The van der Waals surface area contributed by atoms with Crippen LogP contribution in [-0.2, 0) is 0 Å². The van der Waals surface area contributed by atoms with Crippen molar-refractivity contribution in [3.63, 3.8) is 0 Å². The second-order valence-electron chi connectivity index (χ2n) is 9.63. The second kappa shape index (κ2) is 10.5. The van der Waals surface area contributed by atoms with E-state index in [2.05, 4.69) is 15.0 Å². The molecule has 0 aliphatic rings. The van der Waals surface area contributed by atoms with Crippen LogP contribution in [0.25, 0.3) is 78.4 Å². The van der Waals surface area contributed by atoms with Gasteiger partial charge in [-0.2, -0.15) is 0 Å². The third kappa shape index (κ3) is 4.65. The highest BCUT2D eigenvalue weighted by atomic mass is 16.3. The Morgan fingerprint density at radius 1 is 0.442 bits per heavy atom. The van der Waals surface area contributed by atoms with E-state index in [1.54, 1.807) is 42.5 Å². The Labute approximate surface area is 264 Å². The van der Waals surface area contributed by atoms with E-state index >= 15 is 0 Å². The van der Waals surface area contributed by atoms with Gasteiger partial charge in [0.05, 0.1) is 15.1 Å². The summed E-state index contributed by atoms with van der Waals surface area (Å²) in [5.74, 6) is -0.579. The van der Waals surface area contributed by atoms with E-state index in [4.69, 9.17) is 18.1 Å². The molecule has 0 spiro atoms. The van der Waals surface area contributed by atoms with E-state index in [9.17, 15) is 1.37 Å². The number of hydrogen-bond donors (Lipinski definition) is 0. The Hall–Kier alpha value is -5.87. The van der Waals surface area contributed by atoms with Crippen molar-refractivity contribution in [1.82, 2.24) is 15.0 Å². The fraction of sp³-hybridized carbons (Fsp3) is 0. The summed E-state index contributed by atoms with van der Waals surface area (Å²) in [4.78, 5) is 13.5. The average molecular weight is 563 g/mol. The van der Waals surface area contributed by atoms with Gasteiger partial charge in [-0.25, -0.2) is 15.0 Å². The molecule has 0 aliphatic carbocycles. The maximum atomic E-state index is 9.34. The minimum atomic E-state index is -0.604. The lowest BCUT2D eigenvalue weighted by Crippen LogP contribution is -2.00. The summed E-state index contributed by atoms with van der Waals surface area (Å²) >= 11 is 0. The molecule has 8 aromatic rings. The van der Waals surface area contributed by atoms with Crippen LogP contribution in [0.1, 0.15) is 15.1 Å². The quantitative estimate of drug-likeness (QED) is 0.209. The fourth-order valence-electron chi connectivity index (χ4n) is 4.87. The minimum absolute atomic E-state index is 0.00227. The van der Waals surface area contributed by atoms with Crippen molar-refractivity contribution in [3.05, 3.63) is 151 Å². The molecule has 0 bridgehead atoms. The van der Waals surface area contributed by atoms with Crippen LogP contribution in [-0.4, -0.2) is 15.0 Å². The highest BCUT2D eigenvalue weighted by molar-refractivity contribution is 6.10. The standard InChI is InChI=1S/C39H25N3O/c1-4-11-26(12-5-1)27-19-21-28(22-20-27)32-17-10-18-34-33-24-23-31(25-35(33)43-36(32)34)39-41-37(29-13-6-2-7-14-29)40-38(42-39)30-15-8-3-9-16-30/h1-25H/i2D,6D,7D,10D,13D,14D,17D,18D,23D,24D,25D. The van der Waals surface area contributed by atoms with Gasteiger partial charge >= 0.3 is 0 Å². The molecule has 43 heavy (non-hydrogen) atoms. The minimum Gasteiger partial charge on any atom is -0.455 e. The number of fused-ring (bicyclic) bond motifs is 3. The molecule has 0 fully saturated rings. The van der Waals surface area contributed by atoms with Crippen LogP contribution in [0.4, 0.5) is 0 Å². The van der Waals surface area contributed by atoms with Gasteiger partial charge in [0.2, 0.25) is 0 Å². The van der Waals surface area contributed by atoms with Gasteiger partial charge in [0.25, 0.3) is 0 Å². The largest absolute Gasteiger partial charge is 0.455 e. The van der Waals surface area contributed by atoms with Gasteiger partial charge in [-0.05, 0) is 28.8 Å². The van der Waals surface area contributed by atoms with Gasteiger partial charge in [0, 0.05) is 33.0 Å². The molecule has 8 rings (SSSR count). The van der Waals surface area contributed by atoms with Crippen LogP contribution < -0.4 is 0 Å². The van der Waals surface area contributed by atoms with Crippen LogP contribution in [0.15, 0.2) is 156 Å². The van der Waals surface area contributed by atoms with E-state index in [0.29, 0.717) is 11.1 Å². The summed E-state index contributed by atoms with van der Waals surface area (Å²) in [6.07, 6.45) is 0. The molecule has 6 aromatic carbocycles. The van der Waals surface area contributed by atoms with E-state index in [1.165, 1.54) is 0 Å². The molecule has 0 radical (unpaired) electrons. The van der Waals surface area contributed by atoms with Gasteiger partial charge in [-0.15, -0.1) is 0 Å². The Morgan fingerprint density at radius 2 is 1.05 bits per heavy atom. The highest BCUT2D eigenvalue weighted by Crippen LogP contribution is 2.38. The summed E-state index contributed by atoms with van der Waals surface area (Å²) in [6.45, 7) is 0. The maximum Gasteiger partial charge on any atom is 0.164 e. The molecule has 2 heterocycles. The lowest BCUT2D eigenvalue weighted by Gasteiger charge is -2.08. The predicted octanol–water partition coefficient (Wildman–Crippen LogP) is 10.1. The van der Waals surface area contributed by atoms with E-state index in [0.717, 1.165) is 11.1 Å². The van der Waals surface area contributed by atoms with E-state index in [-0.39, 0.29) is 62.1 Å². The molecule has 2 aromatic heterocycles. The van der Waals surface area contributed by atoms with Crippen molar-refractivity contribution < 1.29 is 19.5 Å². The van der Waals surface area contributed by atoms with Gasteiger partial charge in [-0.3, -0.25) is 0 Å². The first-order valence-electron chi connectivity index (χ1n) is 18.9. The van der Waals surface area contributed by atoms with Crippen LogP contribution in [0.5, 0.6) is 0 Å². The van der Waals surface area contributed by atoms with Crippen molar-refractivity contribution in [2.24, 2.45) is 0 Å². The molecule has 0 unspecified atom stereocenters. The molecule has 0 aliphatic heterocycles. The van der Waals surface area contributed by atoms with Crippen LogP contribution in [0.3, 0.4) is 0 Å². The van der Waals surface area contributed by atoms with Crippen molar-refractivity contribution >= 4 is 21.9 Å². The van der Waals surface area contributed by atoms with Crippen LogP contribution in [0, 0.1) is 0 Å². The van der Waals surface area contributed by atoms with Crippen molar-refractivity contribution in [2.45, 2.75) is 0 Å². The molecule has 202 valence electrons. The zero-order chi connectivity index (χ0) is 38.2. The van der Waals surface area contributed by atoms with Crippen molar-refractivity contribution in [1.29, 1.82) is 0 Å². The number of rotatable bonds is 5. The Balaban J connectivity index is 1.40. The smallest absolute Gasteiger partial charge is 0.164 e. The lowest BCUT2D eigenvalue weighted by atomic mass is 9.99. The van der Waals surface area contributed by atoms with Crippen molar-refractivity contribution in [3.8, 4) is 56.4 Å². The molecule has 4 heteroatoms. The summed E-state index contributed by atoms with van der Waals surface area (Å²) in [5, 5.41) is -0.0558. The number of hydrogen-bond acceptors (Lipinski definition) is 4. The summed E-state index contributed by atoms with van der Waals surface area (Å²) in [5.41, 5.74) is 2.27. The highest BCUT2D eigenvalue weighted by Gasteiger charge is 2.16. The molecule has 0 saturated carbocycles. The van der Waals surface area contributed by atoms with E-state index in [1.807, 2.05) is 42.5 Å². The normalized spacial score (nSPS) is 14.8. The fourth-order valence-corrected chi connectivity index (χ4v) is 4.87. The molecule has 0 N–H and O–H groups in total. The maximum absolute atomic E-state index is 9.34. The van der Waals surface area contributed by atoms with Gasteiger partial charge in [0.1, 0.15) is 11.2 Å². The second-order valence-corrected chi connectivity index (χ2v) is 9.63. The van der Waals surface area contributed by atoms with E-state index < -0.39 is 60.4 Å². The lowest BCUT2D eigenvalue weighted by molar-refractivity contribution is 0.670. The first-order valence-corrected chi connectivity index (χ1v) is 13.4. The Kier molecular flexibility index (Phi) is 3.90. The number of aromatic nitrogens is 3. The first-order chi connectivity index (χ1) is 25.9. The molecule has 0 saturated heterocycles. The number of furan rings is 1. The SMILES string of the molecule is [2H]c1c([2H])c([2H])c(-c2nc(-c3ccccc3)nc(-c3c([2H])c([2H])c4c(oc5c(-c6ccc(-c7ccccc7)cc6)c([2H])c([2H])c([2H])c54)c3[2H])n2)c([2H])c1[2H]. The van der Waals surface area contributed by atoms with Gasteiger partial charge in [0.15, 0.2) is 17.5 Å². The average Bonchev–Trinajstić information content (AvgIpc) is 3.60. The summed E-state index contributed by atoms with van der Waals surface area (Å²) in [6, 6.07) is 20.1. The topological polar surface area (TPSA) is 51.8 Å². The zero-order valence-corrected chi connectivity index (χ0v) is 22.3. The molecule has 4 nitrogen and oxygen atoms in total. The molecular formula is C39H25N3O. The summed E-state index contributed by atoms with van der Waals surface area (Å²) in [7, 11) is 0. The Morgan fingerprint density at radius 3 is 1.77 bits per heavy atom. The molecular weight excluding hydrogens is 526 g/mol. The number of benzene rings is 6. The predicted molar refractivity (Wildman–Crippen MR) is 174 cm³/mol. The molecule has 0 amide bonds. The third-order valence-electron chi connectivity index (χ3n) is 6.96. The summed E-state index contributed by atoms with van der Waals surface area (Å²) < 4.78 is 102. The number of nitrogens with zero attached hydrogens (tertiary/aromatic N) is 3. The van der Waals surface area contributed by atoms with Gasteiger partial charge in [-0.1, -0.05) is 139 Å². The number of para-hydroxylation sites is 1. The van der Waals surface area contributed by atoms with Crippen LogP contribution >= 0.6 is 0 Å². The Bertz CT molecular complexity index is 2800. The monoisotopic (exact) mass is 562 g/mol. The van der Waals surface area contributed by atoms with Crippen LogP contribution in [0.2, 0.25) is 0 Å². The molecule has 0 atom stereocenters.